The second-order valence-electron chi connectivity index (χ2n) is 6.24. The fourth-order valence-electron chi connectivity index (χ4n) is 2.93. The molecule has 2 aromatic rings. The third kappa shape index (κ3) is 6.08. The van der Waals surface area contributed by atoms with Gasteiger partial charge in [0.15, 0.2) is 0 Å². The number of nitrogens with one attached hydrogen (secondary N) is 2. The Morgan fingerprint density at radius 3 is 2.37 bits per heavy atom. The minimum atomic E-state index is -3.00. The Bertz CT molecular complexity index is 1060. The minimum absolute atomic E-state index is 0. The van der Waals surface area contributed by atoms with Crippen LogP contribution in [0.3, 0.4) is 0 Å². The molecule has 0 unspecified atom stereocenters. The van der Waals surface area contributed by atoms with E-state index in [1.165, 1.54) is 12.1 Å². The molecule has 0 radical (unpaired) electrons. The Hall–Kier alpha value is -1.85. The van der Waals surface area contributed by atoms with Gasteiger partial charge in [-0.15, -0.1) is 0 Å². The van der Waals surface area contributed by atoms with Gasteiger partial charge in [-0.25, -0.2) is 13.2 Å². The number of carbonyl (C=O) groups excluding carboxylic acids is 2. The Morgan fingerprint density at radius 1 is 1.10 bits per heavy atom. The first-order valence-electron chi connectivity index (χ1n) is 8.67. The quantitative estimate of drug-likeness (QED) is 0.199. The average molecular weight is 504 g/mol. The molecule has 0 saturated heterocycles. The molecule has 0 saturated carbocycles. The Labute approximate surface area is 205 Å². The van der Waals surface area contributed by atoms with E-state index in [1.54, 1.807) is 30.3 Å². The predicted octanol–water partition coefficient (Wildman–Crippen LogP) is 2.60. The van der Waals surface area contributed by atoms with Gasteiger partial charge in [0.1, 0.15) is 11.3 Å². The van der Waals surface area contributed by atoms with Crippen molar-refractivity contribution in [2.75, 3.05) is 10.0 Å². The van der Waals surface area contributed by atoms with E-state index in [0.29, 0.717) is 17.7 Å². The third-order valence-electron chi connectivity index (χ3n) is 4.24. The van der Waals surface area contributed by atoms with E-state index < -0.39 is 22.8 Å². The summed E-state index contributed by atoms with van der Waals surface area (Å²) in [5.74, 6) is -1.49. The zero-order chi connectivity index (χ0) is 21.0. The molecule has 0 atom stereocenters. The van der Waals surface area contributed by atoms with Crippen molar-refractivity contribution in [2.45, 2.75) is 19.3 Å². The Kier molecular flexibility index (Phi) is 8.92. The predicted molar refractivity (Wildman–Crippen MR) is 121 cm³/mol. The number of esters is 1. The van der Waals surface area contributed by atoms with Crippen LogP contribution in [0.25, 0.3) is 0 Å². The fraction of sp³-hybridized carbons (Fsp3) is 0.158. The number of anilines is 3. The van der Waals surface area contributed by atoms with Crippen molar-refractivity contribution in [3.05, 3.63) is 58.1 Å². The number of halogens is 1. The van der Waals surface area contributed by atoms with Crippen molar-refractivity contribution >= 4 is 85.3 Å². The van der Waals surface area contributed by atoms with Gasteiger partial charge in [-0.2, -0.15) is 0 Å². The monoisotopic (exact) mass is 503 g/mol. The first-order valence-corrected chi connectivity index (χ1v) is 10.6. The van der Waals surface area contributed by atoms with Gasteiger partial charge in [-0.1, -0.05) is 22.0 Å². The van der Waals surface area contributed by atoms with Crippen LogP contribution in [0, 0.1) is 0 Å². The number of ether oxygens (including phenoxy) is 1. The summed E-state index contributed by atoms with van der Waals surface area (Å²) in [4.78, 5) is 24.6. The number of hydrogen-bond donors (Lipinski definition) is 4. The fourth-order valence-corrected chi connectivity index (χ4v) is 3.58. The first kappa shape index (κ1) is 24.4. The summed E-state index contributed by atoms with van der Waals surface area (Å²) in [6, 6.07) is 9.70. The zero-order valence-corrected chi connectivity index (χ0v) is 17.6. The van der Waals surface area contributed by atoms with E-state index in [4.69, 9.17) is 10.5 Å². The van der Waals surface area contributed by atoms with Gasteiger partial charge in [0.2, 0.25) is 10.9 Å². The first-order chi connectivity index (χ1) is 13.8. The van der Waals surface area contributed by atoms with Crippen LogP contribution in [0.5, 0.6) is 5.75 Å². The molecule has 154 valence electrons. The van der Waals surface area contributed by atoms with Crippen LogP contribution >= 0.6 is 15.9 Å². The standard InChI is InChI=1S/C19H18BrN3O5S.Na.H/c20-12-5-7-13(8-6-12)22-17-14(23-29(26)27)9-10-15(16(17)18(21)24)28-19(25)11-3-1-2-4-11;;/h3,5-10,22,29H,1-2,4H2,(H2,21,24)(H,23,26,27);;. The van der Waals surface area contributed by atoms with Gasteiger partial charge in [-0.3, -0.25) is 9.52 Å². The number of thiol groups is 1. The maximum atomic E-state index is 12.4. The van der Waals surface area contributed by atoms with Crippen LogP contribution in [-0.2, 0) is 15.7 Å². The molecular formula is C19H19BrN3NaO5S. The van der Waals surface area contributed by atoms with Crippen molar-refractivity contribution in [3.63, 3.8) is 0 Å². The molecule has 0 aliphatic heterocycles. The van der Waals surface area contributed by atoms with Crippen LogP contribution < -0.4 is 20.5 Å². The Balaban J connectivity index is 0.00000320. The topological polar surface area (TPSA) is 128 Å². The van der Waals surface area contributed by atoms with Crippen molar-refractivity contribution in [2.24, 2.45) is 5.73 Å². The molecule has 11 heteroatoms. The summed E-state index contributed by atoms with van der Waals surface area (Å²) >= 11 is 3.33. The summed E-state index contributed by atoms with van der Waals surface area (Å²) < 4.78 is 30.9. The van der Waals surface area contributed by atoms with Gasteiger partial charge in [0.25, 0.3) is 5.91 Å². The summed E-state index contributed by atoms with van der Waals surface area (Å²) in [6.45, 7) is 0. The average Bonchev–Trinajstić information content (AvgIpc) is 3.20. The zero-order valence-electron chi connectivity index (χ0n) is 15.1. The molecule has 1 aliphatic carbocycles. The Morgan fingerprint density at radius 2 is 1.80 bits per heavy atom. The maximum absolute atomic E-state index is 12.4. The second-order valence-corrected chi connectivity index (χ2v) is 7.89. The summed E-state index contributed by atoms with van der Waals surface area (Å²) in [7, 11) is -3.00. The van der Waals surface area contributed by atoms with Crippen LogP contribution in [0.15, 0.2) is 52.5 Å². The van der Waals surface area contributed by atoms with Gasteiger partial charge >= 0.3 is 35.5 Å². The summed E-state index contributed by atoms with van der Waals surface area (Å²) in [5.41, 5.74) is 6.70. The number of amides is 1. The SMILES string of the molecule is NC(=O)c1c(OC(=O)C2=CCCC2)ccc(N[SH](=O)=O)c1Nc1ccc(Br)cc1.[NaH]. The molecular weight excluding hydrogens is 485 g/mol. The second kappa shape index (κ2) is 11.0. The van der Waals surface area contributed by atoms with Gasteiger partial charge < -0.3 is 15.8 Å². The summed E-state index contributed by atoms with van der Waals surface area (Å²) in [5, 5.41) is 2.98. The number of rotatable bonds is 7. The van der Waals surface area contributed by atoms with Crippen molar-refractivity contribution < 1.29 is 22.7 Å². The van der Waals surface area contributed by atoms with E-state index in [9.17, 15) is 18.0 Å². The molecule has 30 heavy (non-hydrogen) atoms. The molecule has 0 bridgehead atoms. The van der Waals surface area contributed by atoms with Crippen LogP contribution in [-0.4, -0.2) is 49.9 Å². The van der Waals surface area contributed by atoms with Crippen molar-refractivity contribution in [3.8, 4) is 5.75 Å². The van der Waals surface area contributed by atoms with E-state index in [2.05, 4.69) is 26.0 Å². The van der Waals surface area contributed by atoms with Gasteiger partial charge in [0, 0.05) is 15.7 Å². The molecule has 8 nitrogen and oxygen atoms in total. The van der Waals surface area contributed by atoms with Gasteiger partial charge in [-0.05, 0) is 55.7 Å². The van der Waals surface area contributed by atoms with E-state index in [0.717, 1.165) is 17.3 Å². The number of carbonyl (C=O) groups is 2. The summed E-state index contributed by atoms with van der Waals surface area (Å²) in [6.07, 6.45) is 4.06. The molecule has 0 fully saturated rings. The number of nitrogens with two attached hydrogens (primary N) is 1. The molecule has 1 amide bonds. The van der Waals surface area contributed by atoms with Crippen LogP contribution in [0.4, 0.5) is 17.1 Å². The van der Waals surface area contributed by atoms with Crippen molar-refractivity contribution in [1.29, 1.82) is 0 Å². The molecule has 0 heterocycles. The molecule has 3 rings (SSSR count). The molecule has 0 spiro atoms. The molecule has 0 aromatic heterocycles. The molecule has 4 N–H and O–H groups in total. The van der Waals surface area contributed by atoms with Crippen LogP contribution in [0.1, 0.15) is 29.6 Å². The number of allylic oxidation sites excluding steroid dienone is 1. The third-order valence-corrected chi connectivity index (χ3v) is 5.20. The molecule has 1 aliphatic rings. The van der Waals surface area contributed by atoms with Gasteiger partial charge in [0.05, 0.1) is 11.4 Å². The normalized spacial score (nSPS) is 12.7. The number of primary amides is 1. The van der Waals surface area contributed by atoms with Crippen LogP contribution in [0.2, 0.25) is 0 Å². The number of benzene rings is 2. The van der Waals surface area contributed by atoms with E-state index >= 15 is 0 Å². The number of hydrogen-bond acceptors (Lipinski definition) is 6. The van der Waals surface area contributed by atoms with E-state index in [1.807, 2.05) is 0 Å². The van der Waals surface area contributed by atoms with Crippen molar-refractivity contribution in [1.82, 2.24) is 0 Å². The molecule has 2 aromatic carbocycles. The van der Waals surface area contributed by atoms with E-state index in [-0.39, 0.29) is 52.2 Å².